The second-order valence-electron chi connectivity index (χ2n) is 6.58. The third kappa shape index (κ3) is 5.38. The van der Waals surface area contributed by atoms with E-state index in [0.717, 1.165) is 16.8 Å². The van der Waals surface area contributed by atoms with E-state index >= 15 is 0 Å². The highest BCUT2D eigenvalue weighted by Gasteiger charge is 2.05. The maximum Gasteiger partial charge on any atom is 0.258 e. The Morgan fingerprint density at radius 2 is 1.89 bits per heavy atom. The van der Waals surface area contributed by atoms with Crippen molar-refractivity contribution in [2.24, 2.45) is 0 Å². The molecule has 2 heterocycles. The summed E-state index contributed by atoms with van der Waals surface area (Å²) < 4.78 is 5.53. The summed E-state index contributed by atoms with van der Waals surface area (Å²) in [4.78, 5) is 20.5. The van der Waals surface area contributed by atoms with Crippen LogP contribution in [0, 0.1) is 0 Å². The summed E-state index contributed by atoms with van der Waals surface area (Å²) >= 11 is 0. The molecule has 3 aromatic rings. The quantitative estimate of drug-likeness (QED) is 0.692. The Hall–Kier alpha value is -3.21. The van der Waals surface area contributed by atoms with Gasteiger partial charge in [0.05, 0.1) is 5.69 Å². The highest BCUT2D eigenvalue weighted by atomic mass is 16.5. The molecule has 0 aliphatic heterocycles. The van der Waals surface area contributed by atoms with Gasteiger partial charge in [-0.1, -0.05) is 32.0 Å². The molecule has 0 fully saturated rings. The maximum absolute atomic E-state index is 12.0. The van der Waals surface area contributed by atoms with Gasteiger partial charge in [0.15, 0.2) is 6.61 Å². The van der Waals surface area contributed by atoms with Crippen LogP contribution in [0.5, 0.6) is 5.75 Å². The van der Waals surface area contributed by atoms with Crippen molar-refractivity contribution in [3.8, 4) is 17.0 Å². The number of aromatic nitrogens is 2. The number of carbonyl (C=O) groups is 1. The smallest absolute Gasteiger partial charge is 0.258 e. The van der Waals surface area contributed by atoms with E-state index in [-0.39, 0.29) is 12.5 Å². The van der Waals surface area contributed by atoms with Gasteiger partial charge in [0.2, 0.25) is 0 Å². The molecule has 27 heavy (non-hydrogen) atoms. The van der Waals surface area contributed by atoms with Crippen molar-refractivity contribution < 1.29 is 9.53 Å². The van der Waals surface area contributed by atoms with Gasteiger partial charge >= 0.3 is 0 Å². The number of nitrogens with one attached hydrogen (secondary N) is 1. The third-order valence-electron chi connectivity index (χ3n) is 4.19. The number of benzene rings is 1. The first-order valence-corrected chi connectivity index (χ1v) is 8.96. The fourth-order valence-electron chi connectivity index (χ4n) is 2.56. The van der Waals surface area contributed by atoms with Gasteiger partial charge in [0.1, 0.15) is 5.75 Å². The Balaban J connectivity index is 1.46. The molecule has 0 saturated carbocycles. The monoisotopic (exact) mass is 361 g/mol. The van der Waals surface area contributed by atoms with Crippen LogP contribution in [0.3, 0.4) is 0 Å². The molecule has 3 rings (SSSR count). The predicted molar refractivity (Wildman–Crippen MR) is 105 cm³/mol. The highest BCUT2D eigenvalue weighted by Crippen LogP contribution is 2.18. The van der Waals surface area contributed by atoms with Gasteiger partial charge in [-0.15, -0.1) is 0 Å². The summed E-state index contributed by atoms with van der Waals surface area (Å²) in [5.41, 5.74) is 3.99. The summed E-state index contributed by atoms with van der Waals surface area (Å²) in [6.07, 6.45) is 5.26. The Bertz CT molecular complexity index is 860. The van der Waals surface area contributed by atoms with E-state index in [1.54, 1.807) is 18.6 Å². The van der Waals surface area contributed by atoms with Crippen molar-refractivity contribution in [2.75, 3.05) is 6.61 Å². The lowest BCUT2D eigenvalue weighted by Crippen LogP contribution is -2.28. The lowest BCUT2D eigenvalue weighted by molar-refractivity contribution is -0.123. The molecule has 0 spiro atoms. The number of ether oxygens (including phenoxy) is 1. The van der Waals surface area contributed by atoms with E-state index in [1.165, 1.54) is 5.56 Å². The zero-order valence-corrected chi connectivity index (χ0v) is 15.6. The molecule has 0 unspecified atom stereocenters. The van der Waals surface area contributed by atoms with Gasteiger partial charge < -0.3 is 10.1 Å². The number of nitrogens with zero attached hydrogens (tertiary/aromatic N) is 2. The van der Waals surface area contributed by atoms with E-state index in [2.05, 4.69) is 29.1 Å². The third-order valence-corrected chi connectivity index (χ3v) is 4.19. The normalized spacial score (nSPS) is 10.6. The number of hydrogen-bond acceptors (Lipinski definition) is 4. The second-order valence-corrected chi connectivity index (χ2v) is 6.58. The number of carbonyl (C=O) groups excluding carboxylic acids is 1. The summed E-state index contributed by atoms with van der Waals surface area (Å²) in [6.45, 7) is 4.68. The molecule has 0 aliphatic carbocycles. The van der Waals surface area contributed by atoms with Crippen LogP contribution in [-0.4, -0.2) is 22.5 Å². The van der Waals surface area contributed by atoms with Crippen LogP contribution in [0.25, 0.3) is 11.3 Å². The van der Waals surface area contributed by atoms with E-state index in [0.29, 0.717) is 18.2 Å². The molecule has 2 aromatic heterocycles. The molecule has 138 valence electrons. The van der Waals surface area contributed by atoms with Crippen LogP contribution < -0.4 is 10.1 Å². The average molecular weight is 361 g/mol. The molecule has 1 N–H and O–H groups in total. The van der Waals surface area contributed by atoms with Crippen molar-refractivity contribution in [1.29, 1.82) is 0 Å². The number of rotatable bonds is 7. The van der Waals surface area contributed by atoms with Crippen LogP contribution in [-0.2, 0) is 11.3 Å². The first kappa shape index (κ1) is 18.6. The Kier molecular flexibility index (Phi) is 6.15. The molecule has 0 bridgehead atoms. The van der Waals surface area contributed by atoms with Gasteiger partial charge in [-0.05, 0) is 47.4 Å². The second kappa shape index (κ2) is 8.94. The molecule has 0 aliphatic rings. The summed E-state index contributed by atoms with van der Waals surface area (Å²) in [5, 5.41) is 2.84. The summed E-state index contributed by atoms with van der Waals surface area (Å²) in [5.74, 6) is 0.997. The van der Waals surface area contributed by atoms with Crippen LogP contribution in [0.4, 0.5) is 0 Å². The molecular weight excluding hydrogens is 338 g/mol. The minimum Gasteiger partial charge on any atom is -0.484 e. The van der Waals surface area contributed by atoms with Crippen LogP contribution in [0.15, 0.2) is 67.1 Å². The first-order chi connectivity index (χ1) is 13.1. The average Bonchev–Trinajstić information content (AvgIpc) is 2.72. The zero-order chi connectivity index (χ0) is 19.1. The lowest BCUT2D eigenvalue weighted by Gasteiger charge is -2.09. The van der Waals surface area contributed by atoms with Crippen LogP contribution in [0.2, 0.25) is 0 Å². The van der Waals surface area contributed by atoms with Crippen molar-refractivity contribution >= 4 is 5.91 Å². The van der Waals surface area contributed by atoms with Crippen molar-refractivity contribution in [3.05, 3.63) is 78.2 Å². The first-order valence-electron chi connectivity index (χ1n) is 8.96. The molecule has 0 atom stereocenters. The van der Waals surface area contributed by atoms with Crippen LogP contribution in [0.1, 0.15) is 30.9 Å². The molecule has 0 radical (unpaired) electrons. The summed E-state index contributed by atoms with van der Waals surface area (Å²) in [6, 6.07) is 15.5. The molecular formula is C22H23N3O2. The standard InChI is InChI=1S/C22H23N3O2/c1-16(2)18-6-8-20(9-7-18)27-15-22(26)25-13-17-5-10-21(24-12-17)19-4-3-11-23-14-19/h3-12,14,16H,13,15H2,1-2H3,(H,25,26). The topological polar surface area (TPSA) is 64.1 Å². The van der Waals surface area contributed by atoms with Crippen LogP contribution >= 0.6 is 0 Å². The largest absolute Gasteiger partial charge is 0.484 e. The lowest BCUT2D eigenvalue weighted by atomic mass is 10.0. The van der Waals surface area contributed by atoms with Gasteiger partial charge in [-0.25, -0.2) is 0 Å². The van der Waals surface area contributed by atoms with E-state index in [9.17, 15) is 4.79 Å². The van der Waals surface area contributed by atoms with E-state index < -0.39 is 0 Å². The van der Waals surface area contributed by atoms with Gasteiger partial charge in [0, 0.05) is 30.7 Å². The Labute approximate surface area is 159 Å². The predicted octanol–water partition coefficient (Wildman–Crippen LogP) is 3.96. The van der Waals surface area contributed by atoms with Crippen molar-refractivity contribution in [3.63, 3.8) is 0 Å². The number of amides is 1. The minimum atomic E-state index is -0.167. The van der Waals surface area contributed by atoms with E-state index in [4.69, 9.17) is 4.74 Å². The zero-order valence-electron chi connectivity index (χ0n) is 15.6. The number of pyridine rings is 2. The molecule has 1 aromatic carbocycles. The van der Waals surface area contributed by atoms with E-state index in [1.807, 2.05) is 48.5 Å². The minimum absolute atomic E-state index is 0.0117. The fourth-order valence-corrected chi connectivity index (χ4v) is 2.56. The maximum atomic E-state index is 12.0. The molecule has 5 heteroatoms. The Morgan fingerprint density at radius 1 is 1.07 bits per heavy atom. The van der Waals surface area contributed by atoms with Crippen molar-refractivity contribution in [1.82, 2.24) is 15.3 Å². The summed E-state index contributed by atoms with van der Waals surface area (Å²) in [7, 11) is 0. The SMILES string of the molecule is CC(C)c1ccc(OCC(=O)NCc2ccc(-c3cccnc3)nc2)cc1. The fraction of sp³-hybridized carbons (Fsp3) is 0.227. The molecule has 0 saturated heterocycles. The molecule has 5 nitrogen and oxygen atoms in total. The molecule has 1 amide bonds. The van der Waals surface area contributed by atoms with Crippen molar-refractivity contribution in [2.45, 2.75) is 26.3 Å². The Morgan fingerprint density at radius 3 is 2.52 bits per heavy atom. The van der Waals surface area contributed by atoms with Gasteiger partial charge in [0.25, 0.3) is 5.91 Å². The number of hydrogen-bond donors (Lipinski definition) is 1. The van der Waals surface area contributed by atoms with Gasteiger partial charge in [-0.2, -0.15) is 0 Å². The highest BCUT2D eigenvalue weighted by molar-refractivity contribution is 5.77. The van der Waals surface area contributed by atoms with Gasteiger partial charge in [-0.3, -0.25) is 14.8 Å².